The van der Waals surface area contributed by atoms with Gasteiger partial charge in [-0.15, -0.1) is 22.7 Å². The summed E-state index contributed by atoms with van der Waals surface area (Å²) in [6, 6.07) is 0. The van der Waals surface area contributed by atoms with E-state index < -0.39 is 0 Å². The van der Waals surface area contributed by atoms with Crippen molar-refractivity contribution in [2.75, 3.05) is 11.9 Å². The number of amides is 1. The van der Waals surface area contributed by atoms with E-state index in [-0.39, 0.29) is 17.3 Å². The minimum Gasteiger partial charge on any atom is -0.462 e. The van der Waals surface area contributed by atoms with Crippen LogP contribution in [0, 0.1) is 11.3 Å². The summed E-state index contributed by atoms with van der Waals surface area (Å²) >= 11 is 3.33. The van der Waals surface area contributed by atoms with E-state index in [2.05, 4.69) is 26.1 Å². The average Bonchev–Trinajstić information content (AvgIpc) is 3.42. The number of carbonyl (C=O) groups excluding carboxylic acids is 2. The Bertz CT molecular complexity index is 1080. The predicted octanol–water partition coefficient (Wildman–Crippen LogP) is 9.00. The van der Waals surface area contributed by atoms with Crippen molar-refractivity contribution < 1.29 is 14.3 Å². The first-order valence-corrected chi connectivity index (χ1v) is 16.2. The van der Waals surface area contributed by atoms with Crippen molar-refractivity contribution in [2.24, 2.45) is 11.3 Å². The van der Waals surface area contributed by atoms with E-state index in [1.807, 2.05) is 12.3 Å². The largest absolute Gasteiger partial charge is 0.462 e. The minimum absolute atomic E-state index is 0.0778. The molecule has 0 unspecified atom stereocenters. The van der Waals surface area contributed by atoms with Gasteiger partial charge in [0, 0.05) is 15.1 Å². The van der Waals surface area contributed by atoms with Gasteiger partial charge in [-0.05, 0) is 74.3 Å². The Morgan fingerprint density at radius 1 is 0.919 bits per heavy atom. The number of anilines is 1. The Kier molecular flexibility index (Phi) is 9.90. The number of fused-ring (bicyclic) bond motifs is 2. The summed E-state index contributed by atoms with van der Waals surface area (Å²) in [5.41, 5.74) is 4.02. The van der Waals surface area contributed by atoms with Crippen LogP contribution in [0.1, 0.15) is 134 Å². The molecule has 4 nitrogen and oxygen atoms in total. The Labute approximate surface area is 231 Å². The van der Waals surface area contributed by atoms with Crippen LogP contribution in [0.2, 0.25) is 0 Å². The number of hydrogen-bond donors (Lipinski definition) is 1. The summed E-state index contributed by atoms with van der Waals surface area (Å²) in [6.07, 6.45) is 16.1. The zero-order valence-corrected chi connectivity index (χ0v) is 24.9. The second-order valence-corrected chi connectivity index (χ2v) is 14.0. The monoisotopic (exact) mass is 543 g/mol. The van der Waals surface area contributed by atoms with Crippen LogP contribution < -0.4 is 5.32 Å². The molecule has 2 aromatic heterocycles. The molecule has 37 heavy (non-hydrogen) atoms. The normalized spacial score (nSPS) is 19.5. The van der Waals surface area contributed by atoms with Gasteiger partial charge in [-0.3, -0.25) is 4.79 Å². The predicted molar refractivity (Wildman–Crippen MR) is 156 cm³/mol. The maximum Gasteiger partial charge on any atom is 0.341 e. The highest BCUT2D eigenvalue weighted by molar-refractivity contribution is 7.17. The van der Waals surface area contributed by atoms with Gasteiger partial charge in [0.2, 0.25) is 0 Å². The summed E-state index contributed by atoms with van der Waals surface area (Å²) in [7, 11) is 0. The Balaban J connectivity index is 1.60. The molecule has 0 radical (unpaired) electrons. The van der Waals surface area contributed by atoms with Crippen molar-refractivity contribution in [1.29, 1.82) is 0 Å². The molecule has 204 valence electrons. The van der Waals surface area contributed by atoms with E-state index in [0.717, 1.165) is 56.1 Å². The Hall–Kier alpha value is -1.66. The highest BCUT2D eigenvalue weighted by Crippen LogP contribution is 2.42. The molecule has 0 bridgehead atoms. The molecule has 2 heterocycles. The molecule has 2 aliphatic carbocycles. The van der Waals surface area contributed by atoms with Gasteiger partial charge in [0.05, 0.1) is 17.7 Å². The molecular weight excluding hydrogens is 498 g/mol. The van der Waals surface area contributed by atoms with Crippen molar-refractivity contribution in [3.8, 4) is 0 Å². The van der Waals surface area contributed by atoms with Crippen LogP contribution in [-0.4, -0.2) is 18.5 Å². The Morgan fingerprint density at radius 3 is 2.22 bits per heavy atom. The number of aryl methyl sites for hydroxylation is 1. The Morgan fingerprint density at radius 2 is 1.57 bits per heavy atom. The number of thiophene rings is 2. The van der Waals surface area contributed by atoms with E-state index >= 15 is 0 Å². The third-order valence-electron chi connectivity index (χ3n) is 8.25. The minimum atomic E-state index is -0.292. The van der Waals surface area contributed by atoms with E-state index in [9.17, 15) is 9.59 Å². The second-order valence-electron chi connectivity index (χ2n) is 11.9. The summed E-state index contributed by atoms with van der Waals surface area (Å²) in [5, 5.41) is 5.91. The van der Waals surface area contributed by atoms with Crippen LogP contribution in [0.3, 0.4) is 0 Å². The molecule has 0 aromatic carbocycles. The highest BCUT2D eigenvalue weighted by Gasteiger charge is 2.32. The summed E-state index contributed by atoms with van der Waals surface area (Å²) in [4.78, 5) is 29.4. The average molecular weight is 544 g/mol. The number of ether oxygens (including phenoxy) is 1. The van der Waals surface area contributed by atoms with Gasteiger partial charge >= 0.3 is 5.97 Å². The van der Waals surface area contributed by atoms with Crippen LogP contribution in [0.5, 0.6) is 0 Å². The third kappa shape index (κ3) is 7.06. The van der Waals surface area contributed by atoms with E-state index in [1.165, 1.54) is 60.3 Å². The van der Waals surface area contributed by atoms with Gasteiger partial charge in [-0.1, -0.05) is 65.7 Å². The quantitative estimate of drug-likeness (QED) is 0.391. The topological polar surface area (TPSA) is 55.4 Å². The van der Waals surface area contributed by atoms with Gasteiger partial charge in [-0.25, -0.2) is 4.79 Å². The molecule has 1 N–H and O–H groups in total. The highest BCUT2D eigenvalue weighted by atomic mass is 32.1. The fourth-order valence-electron chi connectivity index (χ4n) is 5.92. The molecule has 0 fully saturated rings. The maximum atomic E-state index is 13.6. The van der Waals surface area contributed by atoms with Gasteiger partial charge in [0.25, 0.3) is 5.91 Å². The number of nitrogens with one attached hydrogen (secondary N) is 1. The fraction of sp³-hybridized carbons (Fsp3) is 0.677. The van der Waals surface area contributed by atoms with E-state index in [4.69, 9.17) is 4.74 Å². The van der Waals surface area contributed by atoms with Gasteiger partial charge in [0.15, 0.2) is 0 Å². The van der Waals surface area contributed by atoms with Crippen LogP contribution >= 0.6 is 22.7 Å². The lowest BCUT2D eigenvalue weighted by atomic mass is 9.72. The number of esters is 1. The molecule has 1 amide bonds. The van der Waals surface area contributed by atoms with Crippen LogP contribution in [0.15, 0.2) is 5.38 Å². The third-order valence-corrected chi connectivity index (χ3v) is 10.5. The molecule has 2 aromatic rings. The van der Waals surface area contributed by atoms with Crippen molar-refractivity contribution in [2.45, 2.75) is 118 Å². The van der Waals surface area contributed by atoms with Crippen molar-refractivity contribution >= 4 is 39.6 Å². The molecule has 4 rings (SSSR count). The van der Waals surface area contributed by atoms with Crippen molar-refractivity contribution in [3.05, 3.63) is 37.4 Å². The van der Waals surface area contributed by atoms with Crippen molar-refractivity contribution in [3.63, 3.8) is 0 Å². The smallest absolute Gasteiger partial charge is 0.341 e. The molecule has 6 heteroatoms. The van der Waals surface area contributed by atoms with E-state index in [0.29, 0.717) is 23.1 Å². The van der Waals surface area contributed by atoms with E-state index in [1.54, 1.807) is 22.7 Å². The zero-order valence-electron chi connectivity index (χ0n) is 23.3. The maximum absolute atomic E-state index is 13.6. The molecule has 0 saturated heterocycles. The molecule has 0 aliphatic heterocycles. The lowest BCUT2D eigenvalue weighted by Gasteiger charge is -2.34. The SMILES string of the molecule is CCOC(=O)c1c(NC(=O)c2csc3c2CC[C@@H](C(C)(C)C)C3)sc2c1CCCCCCCCCCC2. The summed E-state index contributed by atoms with van der Waals surface area (Å²) in [6.45, 7) is 9.14. The molecule has 1 atom stereocenters. The lowest BCUT2D eigenvalue weighted by Crippen LogP contribution is -2.27. The molecule has 0 spiro atoms. The first kappa shape index (κ1) is 28.4. The molecule has 0 saturated carbocycles. The van der Waals surface area contributed by atoms with Crippen LogP contribution in [-0.2, 0) is 30.4 Å². The van der Waals surface area contributed by atoms with Crippen molar-refractivity contribution in [1.82, 2.24) is 0 Å². The lowest BCUT2D eigenvalue weighted by molar-refractivity contribution is 0.0526. The molecular formula is C31H45NO3S2. The van der Waals surface area contributed by atoms with Gasteiger partial charge < -0.3 is 10.1 Å². The standard InChI is InChI=1S/C31H45NO3S2/c1-5-35-30(34)27-23-15-13-11-9-7-6-8-10-12-14-16-25(23)37-29(27)32-28(33)24-20-36-26-19-21(31(2,3)4)17-18-22(24)26/h20-21H,5-19H2,1-4H3,(H,32,33)/t21-/m1/s1. The summed E-state index contributed by atoms with van der Waals surface area (Å²) in [5.74, 6) is 0.277. The van der Waals surface area contributed by atoms with Crippen LogP contribution in [0.4, 0.5) is 5.00 Å². The fourth-order valence-corrected chi connectivity index (χ4v) is 8.36. The van der Waals surface area contributed by atoms with Gasteiger partial charge in [0.1, 0.15) is 5.00 Å². The first-order chi connectivity index (χ1) is 17.8. The number of hydrogen-bond acceptors (Lipinski definition) is 5. The number of carbonyl (C=O) groups is 2. The zero-order chi connectivity index (χ0) is 26.4. The number of rotatable bonds is 4. The first-order valence-electron chi connectivity index (χ1n) is 14.5. The summed E-state index contributed by atoms with van der Waals surface area (Å²) < 4.78 is 5.51. The molecule has 2 aliphatic rings. The van der Waals surface area contributed by atoms with Crippen LogP contribution in [0.25, 0.3) is 0 Å². The second kappa shape index (κ2) is 12.9. The van der Waals surface area contributed by atoms with Gasteiger partial charge in [-0.2, -0.15) is 0 Å².